The van der Waals surface area contributed by atoms with Crippen LogP contribution in [0, 0.1) is 10.2 Å². The number of hydrogen-bond acceptors (Lipinski definition) is 5. The van der Waals surface area contributed by atoms with E-state index in [9.17, 15) is 0 Å². The predicted molar refractivity (Wildman–Crippen MR) is 75.4 cm³/mol. The molecule has 0 saturated heterocycles. The van der Waals surface area contributed by atoms with Gasteiger partial charge in [0.2, 0.25) is 0 Å². The summed E-state index contributed by atoms with van der Waals surface area (Å²) in [6, 6.07) is 10.4. The second-order valence-electron chi connectivity index (χ2n) is 4.76. The van der Waals surface area contributed by atoms with Gasteiger partial charge < -0.3 is 4.90 Å². The van der Waals surface area contributed by atoms with Crippen LogP contribution >= 0.6 is 0 Å². The highest BCUT2D eigenvalue weighted by atomic mass is 35.7. The van der Waals surface area contributed by atoms with Crippen LogP contribution in [-0.4, -0.2) is 43.9 Å². The average molecular weight is 329 g/mol. The van der Waals surface area contributed by atoms with Gasteiger partial charge in [-0.1, -0.05) is 30.3 Å². The molecule has 0 aromatic heterocycles. The normalized spacial score (nSPS) is 11.7. The molecular weight excluding hydrogens is 308 g/mol. The second-order valence-corrected chi connectivity index (χ2v) is 5.51. The van der Waals surface area contributed by atoms with Gasteiger partial charge in [-0.05, 0) is 23.4 Å². The van der Waals surface area contributed by atoms with Gasteiger partial charge in [-0.15, -0.1) is 10.2 Å². The number of nitrogens with zero attached hydrogens (tertiary/aromatic N) is 2. The Morgan fingerprint density at radius 1 is 1.05 bits per heavy atom. The lowest BCUT2D eigenvalue weighted by molar-refractivity contribution is -2.00. The Morgan fingerprint density at radius 2 is 1.55 bits per heavy atom. The monoisotopic (exact) mass is 328 g/mol. The molecule has 0 fully saturated rings. The molecule has 0 bridgehead atoms. The molecule has 122 valence electrons. The van der Waals surface area contributed by atoms with Crippen molar-refractivity contribution in [3.63, 3.8) is 0 Å². The van der Waals surface area contributed by atoms with Gasteiger partial charge in [-0.2, -0.15) is 0 Å². The van der Waals surface area contributed by atoms with E-state index < -0.39 is 10.2 Å². The number of hydrogen-bond donors (Lipinski definition) is 0. The molecule has 0 atom stereocenters. The maximum atomic E-state index is 8.49. The molecule has 0 aliphatic carbocycles. The quantitative estimate of drug-likeness (QED) is 0.353. The van der Waals surface area contributed by atoms with E-state index in [1.54, 1.807) is 0 Å². The van der Waals surface area contributed by atoms with Crippen LogP contribution in [0.15, 0.2) is 48.7 Å². The van der Waals surface area contributed by atoms with Gasteiger partial charge in [0.05, 0.1) is 0 Å². The maximum Gasteiger partial charge on any atom is 0.163 e. The Kier molecular flexibility index (Phi) is 9.32. The molecule has 0 aliphatic heterocycles. The minimum absolute atomic E-state index is 1.20. The molecule has 0 amide bonds. The summed E-state index contributed by atoms with van der Waals surface area (Å²) in [4.78, 5) is 2.03. The summed E-state index contributed by atoms with van der Waals surface area (Å²) >= 11 is 0. The number of rotatable bonds is 4. The molecule has 0 unspecified atom stereocenters. The molecule has 0 saturated carbocycles. The van der Waals surface area contributed by atoms with Crippen molar-refractivity contribution in [2.45, 2.75) is 0 Å². The first-order valence-electron chi connectivity index (χ1n) is 6.33. The van der Waals surface area contributed by atoms with Crippen LogP contribution in [0.2, 0.25) is 0 Å². The minimum atomic E-state index is -4.94. The number of benzene rings is 1. The van der Waals surface area contributed by atoms with Crippen molar-refractivity contribution in [3.8, 4) is 0 Å². The van der Waals surface area contributed by atoms with Crippen molar-refractivity contribution < 1.29 is 33.5 Å². The van der Waals surface area contributed by atoms with Crippen LogP contribution in [0.4, 0.5) is 0 Å². The molecule has 1 aromatic rings. The van der Waals surface area contributed by atoms with Crippen molar-refractivity contribution >= 4 is 11.8 Å². The molecule has 0 N–H and O–H groups in total. The fourth-order valence-electron chi connectivity index (χ4n) is 1.34. The lowest BCUT2D eigenvalue weighted by atomic mass is 10.1. The summed E-state index contributed by atoms with van der Waals surface area (Å²) in [6.07, 6.45) is 8.36. The Balaban J connectivity index is 0.000000763. The first-order chi connectivity index (χ1) is 10.1. The lowest BCUT2D eigenvalue weighted by Crippen LogP contribution is -2.68. The van der Waals surface area contributed by atoms with Crippen molar-refractivity contribution in [3.05, 3.63) is 54.2 Å². The smallest absolute Gasteiger partial charge is 0.163 e. The Morgan fingerprint density at radius 3 is 1.95 bits per heavy atom. The Labute approximate surface area is 133 Å². The van der Waals surface area contributed by atoms with E-state index in [2.05, 4.69) is 48.8 Å². The summed E-state index contributed by atoms with van der Waals surface area (Å²) in [6.45, 7) is 0. The van der Waals surface area contributed by atoms with Gasteiger partial charge in [-0.25, -0.2) is 23.2 Å². The summed E-state index contributed by atoms with van der Waals surface area (Å²) in [5, 5.41) is 0. The van der Waals surface area contributed by atoms with Crippen molar-refractivity contribution in [2.75, 3.05) is 28.2 Å². The molecule has 0 radical (unpaired) electrons. The Hall–Kier alpha value is -1.70. The van der Waals surface area contributed by atoms with E-state index in [1.165, 1.54) is 11.1 Å². The minimum Gasteiger partial charge on any atom is -0.383 e. The van der Waals surface area contributed by atoms with Gasteiger partial charge in [-0.3, -0.25) is 0 Å². The van der Waals surface area contributed by atoms with E-state index in [1.807, 2.05) is 43.7 Å². The summed E-state index contributed by atoms with van der Waals surface area (Å²) in [7, 11) is 3.15. The molecule has 1 rings (SSSR count). The predicted octanol–water partition coefficient (Wildman–Crippen LogP) is -2.27. The van der Waals surface area contributed by atoms with Crippen LogP contribution in [0.25, 0.3) is 5.57 Å². The average Bonchev–Trinajstić information content (AvgIpc) is 2.37. The zero-order valence-electron chi connectivity index (χ0n) is 13.1. The molecule has 0 aliphatic rings. The van der Waals surface area contributed by atoms with E-state index >= 15 is 0 Å². The molecule has 7 heteroatoms. The fourth-order valence-corrected chi connectivity index (χ4v) is 1.34. The van der Waals surface area contributed by atoms with Gasteiger partial charge >= 0.3 is 0 Å². The van der Waals surface area contributed by atoms with E-state index in [4.69, 9.17) is 18.6 Å². The van der Waals surface area contributed by atoms with E-state index in [0.717, 1.165) is 0 Å². The lowest BCUT2D eigenvalue weighted by Gasteiger charge is -2.17. The van der Waals surface area contributed by atoms with Gasteiger partial charge in [0.25, 0.3) is 0 Å². The third-order valence-electron chi connectivity index (χ3n) is 2.21. The van der Waals surface area contributed by atoms with Crippen molar-refractivity contribution in [1.29, 1.82) is 0 Å². The third-order valence-corrected chi connectivity index (χ3v) is 2.21. The highest BCUT2D eigenvalue weighted by Crippen LogP contribution is 2.14. The summed E-state index contributed by atoms with van der Waals surface area (Å²) in [5.74, 6) is 0. The standard InChI is InChI=1S/C15H21N2.ClHO4/c1-16(2)12-10-15(11-13-17(3)4)14-8-6-5-7-9-14;2-1(3,4)5/h5-13H,1-4H3;(H,2,3,4,5)/q+1;/p-1. The van der Waals surface area contributed by atoms with Crippen LogP contribution < -0.4 is 18.6 Å². The third kappa shape index (κ3) is 13.3. The van der Waals surface area contributed by atoms with E-state index in [-0.39, 0.29) is 0 Å². The first kappa shape index (κ1) is 20.3. The molecule has 22 heavy (non-hydrogen) atoms. The van der Waals surface area contributed by atoms with Crippen LogP contribution in [-0.2, 0) is 0 Å². The largest absolute Gasteiger partial charge is 0.383 e. The SMILES string of the molecule is CN(C)/C=C/C(=C\C=[N+](C)C)c1ccccc1.[O-][Cl+3]([O-])([O-])[O-]. The van der Waals surface area contributed by atoms with Crippen molar-refractivity contribution in [2.24, 2.45) is 0 Å². The molecular formula is C15H21ClN2O4. The zero-order valence-corrected chi connectivity index (χ0v) is 13.9. The Bertz CT molecular complexity index is 510. The first-order valence-corrected chi connectivity index (χ1v) is 7.56. The summed E-state index contributed by atoms with van der Waals surface area (Å²) < 4.78 is 36.0. The van der Waals surface area contributed by atoms with Crippen molar-refractivity contribution in [1.82, 2.24) is 4.90 Å². The van der Waals surface area contributed by atoms with Gasteiger partial charge in [0.15, 0.2) is 6.21 Å². The maximum absolute atomic E-state index is 8.49. The molecule has 1 aromatic carbocycles. The van der Waals surface area contributed by atoms with Crippen LogP contribution in [0.5, 0.6) is 0 Å². The molecule has 0 spiro atoms. The number of halogens is 1. The van der Waals surface area contributed by atoms with Gasteiger partial charge in [0.1, 0.15) is 14.1 Å². The fraction of sp³-hybridized carbons (Fsp3) is 0.267. The molecule has 6 nitrogen and oxygen atoms in total. The van der Waals surface area contributed by atoms with Gasteiger partial charge in [0, 0.05) is 20.2 Å². The molecule has 0 heterocycles. The zero-order chi connectivity index (χ0) is 17.2. The van der Waals surface area contributed by atoms with Crippen LogP contribution in [0.3, 0.4) is 0 Å². The topological polar surface area (TPSA) is 98.5 Å². The summed E-state index contributed by atoms with van der Waals surface area (Å²) in [5.41, 5.74) is 2.43. The van der Waals surface area contributed by atoms with Crippen LogP contribution in [0.1, 0.15) is 5.56 Å². The second kappa shape index (κ2) is 10.1. The highest BCUT2D eigenvalue weighted by molar-refractivity contribution is 5.86. The highest BCUT2D eigenvalue weighted by Gasteiger charge is 1.96. The number of allylic oxidation sites excluding steroid dienone is 3. The van der Waals surface area contributed by atoms with E-state index in [0.29, 0.717) is 0 Å².